The van der Waals surface area contributed by atoms with E-state index in [1.54, 1.807) is 30.6 Å². The van der Waals surface area contributed by atoms with Gasteiger partial charge in [-0.05, 0) is 32.4 Å². The fraction of sp³-hybridized carbons (Fsp3) is 0.656. The standard InChI is InChI=1S/C32H51ClN5O4P/c1-7-10-11-12-13-14-15-16-17-18-22-26(43(40,41-8-2)42-9-3)31(39)34-25-21-19-20-24(23-25)29-35-30-27(33)28(32(4,5)6)36-38(30)37-29/h19-21,23,26,36H,7-18,22H2,1-6H3,(H,34,39). The molecule has 0 aliphatic rings. The van der Waals surface area contributed by atoms with Crippen LogP contribution in [-0.4, -0.2) is 44.6 Å². The Morgan fingerprint density at radius 2 is 1.60 bits per heavy atom. The molecule has 11 heteroatoms. The van der Waals surface area contributed by atoms with Gasteiger partial charge in [0, 0.05) is 16.7 Å². The van der Waals surface area contributed by atoms with Gasteiger partial charge in [0.15, 0.2) is 11.5 Å². The highest BCUT2D eigenvalue weighted by Crippen LogP contribution is 2.55. The van der Waals surface area contributed by atoms with Crippen LogP contribution in [0.15, 0.2) is 24.3 Å². The second kappa shape index (κ2) is 16.8. The van der Waals surface area contributed by atoms with Crippen LogP contribution in [0.25, 0.3) is 17.0 Å². The summed E-state index contributed by atoms with van der Waals surface area (Å²) in [5.74, 6) is 0.0991. The van der Waals surface area contributed by atoms with Crippen LogP contribution in [-0.2, 0) is 23.8 Å². The summed E-state index contributed by atoms with van der Waals surface area (Å²) in [6.45, 7) is 12.4. The Hall–Kier alpha value is -2.19. The van der Waals surface area contributed by atoms with Gasteiger partial charge in [0.1, 0.15) is 10.7 Å². The zero-order chi connectivity index (χ0) is 31.5. The first-order chi connectivity index (χ1) is 20.5. The van der Waals surface area contributed by atoms with Crippen LogP contribution in [0.3, 0.4) is 0 Å². The molecule has 0 spiro atoms. The lowest BCUT2D eigenvalue weighted by atomic mass is 9.92. The van der Waals surface area contributed by atoms with E-state index in [0.29, 0.717) is 34.2 Å². The van der Waals surface area contributed by atoms with Crippen molar-refractivity contribution in [2.75, 3.05) is 18.5 Å². The number of carbonyl (C=O) groups is 1. The molecular formula is C32H51ClN5O4P. The maximum Gasteiger partial charge on any atom is 0.343 e. The average molecular weight is 636 g/mol. The first-order valence-corrected chi connectivity index (χ1v) is 18.0. The van der Waals surface area contributed by atoms with Gasteiger partial charge in [-0.15, -0.1) is 5.10 Å². The number of nitrogens with one attached hydrogen (secondary N) is 2. The summed E-state index contributed by atoms with van der Waals surface area (Å²) in [6, 6.07) is 7.28. The molecule has 2 N–H and O–H groups in total. The van der Waals surface area contributed by atoms with Crippen molar-refractivity contribution in [3.05, 3.63) is 35.0 Å². The summed E-state index contributed by atoms with van der Waals surface area (Å²) < 4.78 is 26.6. The minimum atomic E-state index is -3.66. The number of carbonyl (C=O) groups excluding carboxylic acids is 1. The normalized spacial score (nSPS) is 13.1. The molecule has 1 amide bonds. The van der Waals surface area contributed by atoms with E-state index < -0.39 is 13.3 Å². The minimum absolute atomic E-state index is 0.184. The van der Waals surface area contributed by atoms with Crippen molar-refractivity contribution in [2.24, 2.45) is 0 Å². The van der Waals surface area contributed by atoms with Gasteiger partial charge in [0.2, 0.25) is 5.91 Å². The number of benzene rings is 1. The van der Waals surface area contributed by atoms with Gasteiger partial charge in [0.05, 0.1) is 18.9 Å². The second-order valence-corrected chi connectivity index (χ2v) is 14.8. The van der Waals surface area contributed by atoms with Crippen molar-refractivity contribution >= 4 is 36.4 Å². The third kappa shape index (κ3) is 9.90. The minimum Gasteiger partial charge on any atom is -0.325 e. The number of aromatic nitrogens is 4. The molecule has 2 heterocycles. The van der Waals surface area contributed by atoms with Crippen LogP contribution < -0.4 is 5.32 Å². The molecule has 43 heavy (non-hydrogen) atoms. The van der Waals surface area contributed by atoms with Crippen LogP contribution in [0.4, 0.5) is 5.69 Å². The van der Waals surface area contributed by atoms with Crippen LogP contribution in [0, 0.1) is 0 Å². The summed E-state index contributed by atoms with van der Waals surface area (Å²) in [5, 5.41) is 11.3. The fourth-order valence-corrected chi connectivity index (χ4v) is 7.67. The van der Waals surface area contributed by atoms with Crippen molar-refractivity contribution in [1.29, 1.82) is 0 Å². The zero-order valence-electron chi connectivity index (χ0n) is 26.9. The number of aromatic amines is 1. The molecule has 2 aromatic heterocycles. The number of amides is 1. The number of rotatable bonds is 19. The molecule has 0 aliphatic heterocycles. The van der Waals surface area contributed by atoms with Gasteiger partial charge in [-0.1, -0.05) is 116 Å². The lowest BCUT2D eigenvalue weighted by Crippen LogP contribution is -2.29. The van der Waals surface area contributed by atoms with Crippen LogP contribution in [0.1, 0.15) is 118 Å². The van der Waals surface area contributed by atoms with Gasteiger partial charge in [-0.2, -0.15) is 4.63 Å². The third-order valence-electron chi connectivity index (χ3n) is 7.51. The second-order valence-electron chi connectivity index (χ2n) is 12.2. The summed E-state index contributed by atoms with van der Waals surface area (Å²) in [6.07, 6.45) is 12.2. The molecule has 3 rings (SSSR count). The lowest BCUT2D eigenvalue weighted by Gasteiger charge is -2.25. The van der Waals surface area contributed by atoms with E-state index in [4.69, 9.17) is 20.6 Å². The SMILES string of the molecule is CCCCCCCCCCCCC(C(=O)Nc1cccc(-c2nc3c(Cl)c(C(C)(C)C)[nH]n3n2)c1)P(=O)(OCC)OCC. The molecular weight excluding hydrogens is 585 g/mol. The smallest absolute Gasteiger partial charge is 0.325 e. The Bertz CT molecular complexity index is 1340. The van der Waals surface area contributed by atoms with Crippen molar-refractivity contribution in [2.45, 2.75) is 123 Å². The van der Waals surface area contributed by atoms with Gasteiger partial charge in [0.25, 0.3) is 0 Å². The molecule has 0 radical (unpaired) electrons. The Morgan fingerprint density at radius 1 is 1.00 bits per heavy atom. The maximum atomic E-state index is 13.8. The summed E-state index contributed by atoms with van der Waals surface area (Å²) in [4.78, 5) is 18.3. The molecule has 0 saturated heterocycles. The van der Waals surface area contributed by atoms with Gasteiger partial charge >= 0.3 is 7.60 Å². The Kier molecular flexibility index (Phi) is 13.8. The molecule has 3 aromatic rings. The monoisotopic (exact) mass is 635 g/mol. The number of unbranched alkanes of at least 4 members (excludes halogenated alkanes) is 9. The summed E-state index contributed by atoms with van der Waals surface area (Å²) in [5.41, 5.74) is 1.59. The van der Waals surface area contributed by atoms with Gasteiger partial charge in [-0.25, -0.2) is 4.98 Å². The van der Waals surface area contributed by atoms with Crippen LogP contribution >= 0.6 is 19.2 Å². The molecule has 1 atom stereocenters. The van der Waals surface area contributed by atoms with E-state index in [1.165, 1.54) is 44.9 Å². The van der Waals surface area contributed by atoms with E-state index in [2.05, 4.69) is 48.2 Å². The van der Waals surface area contributed by atoms with E-state index in [9.17, 15) is 9.36 Å². The summed E-state index contributed by atoms with van der Waals surface area (Å²) in [7, 11) is -3.66. The van der Waals surface area contributed by atoms with Crippen molar-refractivity contribution in [3.63, 3.8) is 0 Å². The quantitative estimate of drug-likeness (QED) is 0.100. The Labute approximate surface area is 262 Å². The molecule has 0 aliphatic carbocycles. The van der Waals surface area contributed by atoms with E-state index in [1.807, 2.05) is 12.1 Å². The predicted octanol–water partition coefficient (Wildman–Crippen LogP) is 9.56. The number of nitrogens with zero attached hydrogens (tertiary/aromatic N) is 3. The first-order valence-electron chi connectivity index (χ1n) is 16.0. The Balaban J connectivity index is 1.69. The zero-order valence-corrected chi connectivity index (χ0v) is 28.5. The third-order valence-corrected chi connectivity index (χ3v) is 10.4. The number of H-pyrrole nitrogens is 1. The molecule has 0 fully saturated rings. The number of hydrogen-bond donors (Lipinski definition) is 2. The average Bonchev–Trinajstić information content (AvgIpc) is 3.51. The first kappa shape index (κ1) is 35.3. The van der Waals surface area contributed by atoms with E-state index in [0.717, 1.165) is 25.0 Å². The fourth-order valence-electron chi connectivity index (χ4n) is 5.21. The topological polar surface area (TPSA) is 111 Å². The number of fused-ring (bicyclic) bond motifs is 1. The van der Waals surface area contributed by atoms with Gasteiger partial charge in [-0.3, -0.25) is 14.5 Å². The number of hydrogen-bond acceptors (Lipinski definition) is 6. The summed E-state index contributed by atoms with van der Waals surface area (Å²) >= 11 is 6.61. The number of anilines is 1. The highest BCUT2D eigenvalue weighted by molar-refractivity contribution is 7.55. The molecule has 0 bridgehead atoms. The van der Waals surface area contributed by atoms with E-state index in [-0.39, 0.29) is 24.5 Å². The van der Waals surface area contributed by atoms with E-state index >= 15 is 0 Å². The molecule has 0 saturated carbocycles. The highest BCUT2D eigenvalue weighted by Gasteiger charge is 2.40. The lowest BCUT2D eigenvalue weighted by molar-refractivity contribution is -0.116. The van der Waals surface area contributed by atoms with Gasteiger partial charge < -0.3 is 14.4 Å². The molecule has 9 nitrogen and oxygen atoms in total. The molecule has 1 aromatic carbocycles. The largest absolute Gasteiger partial charge is 0.343 e. The molecule has 240 valence electrons. The van der Waals surface area contributed by atoms with Crippen molar-refractivity contribution < 1.29 is 18.4 Å². The predicted molar refractivity (Wildman–Crippen MR) is 176 cm³/mol. The van der Waals surface area contributed by atoms with Crippen molar-refractivity contribution in [3.8, 4) is 11.4 Å². The highest BCUT2D eigenvalue weighted by atomic mass is 35.5. The Morgan fingerprint density at radius 3 is 2.16 bits per heavy atom. The molecule has 1 unspecified atom stereocenters. The van der Waals surface area contributed by atoms with Crippen molar-refractivity contribution in [1.82, 2.24) is 19.8 Å². The van der Waals surface area contributed by atoms with Crippen LogP contribution in [0.5, 0.6) is 0 Å². The number of halogens is 1. The maximum absolute atomic E-state index is 13.8. The van der Waals surface area contributed by atoms with Crippen LogP contribution in [0.2, 0.25) is 5.02 Å².